The monoisotopic (exact) mass is 267 g/mol. The molecular formula is C11H14BrN3. The molecule has 2 rings (SSSR count). The van der Waals surface area contributed by atoms with E-state index in [0.29, 0.717) is 11.9 Å². The molecule has 0 aliphatic rings. The van der Waals surface area contributed by atoms with Crippen LogP contribution in [0.3, 0.4) is 0 Å². The van der Waals surface area contributed by atoms with Crippen molar-refractivity contribution in [2.75, 3.05) is 5.73 Å². The van der Waals surface area contributed by atoms with E-state index >= 15 is 0 Å². The first kappa shape index (κ1) is 10.5. The number of rotatable bonds is 2. The third-order valence-electron chi connectivity index (χ3n) is 2.29. The molecule has 0 saturated heterocycles. The number of nitrogens with two attached hydrogens (primary N) is 1. The summed E-state index contributed by atoms with van der Waals surface area (Å²) in [4.78, 5) is 4.33. The summed E-state index contributed by atoms with van der Waals surface area (Å²) in [6.45, 7) is 5.24. The van der Waals surface area contributed by atoms with E-state index in [1.54, 1.807) is 0 Å². The van der Waals surface area contributed by atoms with Crippen molar-refractivity contribution in [3.8, 4) is 0 Å². The van der Waals surface area contributed by atoms with Gasteiger partial charge in [-0.3, -0.25) is 0 Å². The molecule has 1 aromatic heterocycles. The Hall–Kier alpha value is -1.03. The molecular weight excluding hydrogens is 254 g/mol. The molecule has 0 spiro atoms. The summed E-state index contributed by atoms with van der Waals surface area (Å²) in [5, 5.41) is 0. The van der Waals surface area contributed by atoms with Crippen LogP contribution in [0.15, 0.2) is 22.7 Å². The number of anilines is 1. The summed E-state index contributed by atoms with van der Waals surface area (Å²) in [6.07, 6.45) is 0. The third-order valence-corrected chi connectivity index (χ3v) is 2.78. The number of nitrogens with zero attached hydrogens (tertiary/aromatic N) is 2. The number of benzene rings is 1. The van der Waals surface area contributed by atoms with Crippen molar-refractivity contribution in [3.63, 3.8) is 0 Å². The molecule has 0 amide bonds. The van der Waals surface area contributed by atoms with Gasteiger partial charge < -0.3 is 10.3 Å². The van der Waals surface area contributed by atoms with Crippen LogP contribution in [0.1, 0.15) is 13.8 Å². The number of aromatic nitrogens is 2. The molecule has 0 fully saturated rings. The largest absolute Gasteiger partial charge is 0.369 e. The molecule has 15 heavy (non-hydrogen) atoms. The van der Waals surface area contributed by atoms with Crippen LogP contribution in [0.2, 0.25) is 0 Å². The lowest BCUT2D eigenvalue weighted by Gasteiger charge is -2.08. The lowest BCUT2D eigenvalue weighted by atomic mass is 10.2. The second kappa shape index (κ2) is 3.85. The predicted octanol–water partition coefficient (Wildman–Crippen LogP) is 3.04. The first-order chi connectivity index (χ1) is 7.08. The molecule has 1 aromatic carbocycles. The predicted molar refractivity (Wildman–Crippen MR) is 66.7 cm³/mol. The Morgan fingerprint density at radius 3 is 2.87 bits per heavy atom. The maximum Gasteiger partial charge on any atom is 0.201 e. The minimum absolute atomic E-state index is 0.559. The van der Waals surface area contributed by atoms with E-state index in [0.717, 1.165) is 22.1 Å². The summed E-state index contributed by atoms with van der Waals surface area (Å²) >= 11 is 3.46. The number of imidazole rings is 1. The molecule has 80 valence electrons. The SMILES string of the molecule is CC(C)Cn1c(N)nc2ccc(Br)cc21. The minimum Gasteiger partial charge on any atom is -0.369 e. The van der Waals surface area contributed by atoms with Gasteiger partial charge in [-0.2, -0.15) is 0 Å². The van der Waals surface area contributed by atoms with Crippen LogP contribution in [0.25, 0.3) is 11.0 Å². The van der Waals surface area contributed by atoms with Gasteiger partial charge in [0.1, 0.15) is 0 Å². The van der Waals surface area contributed by atoms with Crippen molar-refractivity contribution in [1.29, 1.82) is 0 Å². The fraction of sp³-hybridized carbons (Fsp3) is 0.364. The van der Waals surface area contributed by atoms with E-state index in [1.807, 2.05) is 12.1 Å². The highest BCUT2D eigenvalue weighted by Crippen LogP contribution is 2.22. The van der Waals surface area contributed by atoms with E-state index in [2.05, 4.69) is 45.4 Å². The van der Waals surface area contributed by atoms with E-state index in [-0.39, 0.29) is 0 Å². The summed E-state index contributed by atoms with van der Waals surface area (Å²) in [7, 11) is 0. The fourth-order valence-electron chi connectivity index (χ4n) is 1.67. The normalized spacial score (nSPS) is 11.5. The fourth-order valence-corrected chi connectivity index (χ4v) is 2.02. The molecule has 1 heterocycles. The van der Waals surface area contributed by atoms with Crippen molar-refractivity contribution >= 4 is 32.9 Å². The van der Waals surface area contributed by atoms with Crippen molar-refractivity contribution in [2.24, 2.45) is 5.92 Å². The number of halogens is 1. The van der Waals surface area contributed by atoms with E-state index in [1.165, 1.54) is 0 Å². The standard InChI is InChI=1S/C11H14BrN3/c1-7(2)6-15-10-5-8(12)3-4-9(10)14-11(15)13/h3-5,7H,6H2,1-2H3,(H2,13,14). The Morgan fingerprint density at radius 2 is 2.20 bits per heavy atom. The van der Waals surface area contributed by atoms with Gasteiger partial charge in [-0.25, -0.2) is 4.98 Å². The summed E-state index contributed by atoms with van der Waals surface area (Å²) in [5.41, 5.74) is 7.94. The zero-order valence-electron chi connectivity index (χ0n) is 8.87. The van der Waals surface area contributed by atoms with Gasteiger partial charge in [-0.1, -0.05) is 29.8 Å². The smallest absolute Gasteiger partial charge is 0.201 e. The van der Waals surface area contributed by atoms with Gasteiger partial charge in [-0.15, -0.1) is 0 Å². The average molecular weight is 268 g/mol. The molecule has 3 nitrogen and oxygen atoms in total. The highest BCUT2D eigenvalue weighted by atomic mass is 79.9. The average Bonchev–Trinajstić information content (AvgIpc) is 2.43. The third kappa shape index (κ3) is 2.00. The van der Waals surface area contributed by atoms with Gasteiger partial charge in [0.25, 0.3) is 0 Å². The van der Waals surface area contributed by atoms with Gasteiger partial charge >= 0.3 is 0 Å². The number of fused-ring (bicyclic) bond motifs is 1. The first-order valence-electron chi connectivity index (χ1n) is 4.99. The maximum absolute atomic E-state index is 5.89. The Bertz CT molecular complexity index is 488. The molecule has 0 aliphatic heterocycles. The molecule has 0 aliphatic carbocycles. The number of nitrogen functional groups attached to an aromatic ring is 1. The van der Waals surface area contributed by atoms with Crippen molar-refractivity contribution in [3.05, 3.63) is 22.7 Å². The van der Waals surface area contributed by atoms with E-state index < -0.39 is 0 Å². The van der Waals surface area contributed by atoms with Gasteiger partial charge in [0.2, 0.25) is 5.95 Å². The Balaban J connectivity index is 2.60. The zero-order chi connectivity index (χ0) is 11.0. The molecule has 0 radical (unpaired) electrons. The highest BCUT2D eigenvalue weighted by molar-refractivity contribution is 9.10. The quantitative estimate of drug-likeness (QED) is 0.909. The molecule has 0 bridgehead atoms. The van der Waals surface area contributed by atoms with Crippen LogP contribution in [-0.2, 0) is 6.54 Å². The second-order valence-corrected chi connectivity index (χ2v) is 5.02. The molecule has 4 heteroatoms. The van der Waals surface area contributed by atoms with Gasteiger partial charge in [0.05, 0.1) is 11.0 Å². The van der Waals surface area contributed by atoms with Gasteiger partial charge in [0.15, 0.2) is 0 Å². The lowest BCUT2D eigenvalue weighted by Crippen LogP contribution is -2.07. The Kier molecular flexibility index (Phi) is 2.69. The van der Waals surface area contributed by atoms with Crippen LogP contribution >= 0.6 is 15.9 Å². The number of hydrogen-bond donors (Lipinski definition) is 1. The van der Waals surface area contributed by atoms with Gasteiger partial charge in [-0.05, 0) is 24.1 Å². The molecule has 0 unspecified atom stereocenters. The summed E-state index contributed by atoms with van der Waals surface area (Å²) in [5.74, 6) is 1.15. The number of hydrogen-bond acceptors (Lipinski definition) is 2. The first-order valence-corrected chi connectivity index (χ1v) is 5.78. The molecule has 0 atom stereocenters. The minimum atomic E-state index is 0.559. The summed E-state index contributed by atoms with van der Waals surface area (Å²) in [6, 6.07) is 6.02. The van der Waals surface area contributed by atoms with Crippen molar-refractivity contribution in [1.82, 2.24) is 9.55 Å². The highest BCUT2D eigenvalue weighted by Gasteiger charge is 2.09. The van der Waals surface area contributed by atoms with Crippen LogP contribution in [0.5, 0.6) is 0 Å². The topological polar surface area (TPSA) is 43.8 Å². The van der Waals surface area contributed by atoms with Crippen LogP contribution in [0, 0.1) is 5.92 Å². The Morgan fingerprint density at radius 1 is 1.47 bits per heavy atom. The molecule has 2 aromatic rings. The van der Waals surface area contributed by atoms with Crippen LogP contribution < -0.4 is 5.73 Å². The van der Waals surface area contributed by atoms with Crippen LogP contribution in [-0.4, -0.2) is 9.55 Å². The second-order valence-electron chi connectivity index (χ2n) is 4.11. The van der Waals surface area contributed by atoms with E-state index in [4.69, 9.17) is 5.73 Å². The Labute approximate surface area is 97.4 Å². The van der Waals surface area contributed by atoms with Crippen LogP contribution in [0.4, 0.5) is 5.95 Å². The summed E-state index contributed by atoms with van der Waals surface area (Å²) < 4.78 is 3.12. The van der Waals surface area contributed by atoms with Crippen molar-refractivity contribution < 1.29 is 0 Å². The lowest BCUT2D eigenvalue weighted by molar-refractivity contribution is 0.538. The van der Waals surface area contributed by atoms with Gasteiger partial charge in [0, 0.05) is 11.0 Å². The zero-order valence-corrected chi connectivity index (χ0v) is 10.5. The van der Waals surface area contributed by atoms with E-state index in [9.17, 15) is 0 Å². The van der Waals surface area contributed by atoms with Crippen molar-refractivity contribution in [2.45, 2.75) is 20.4 Å². The molecule has 2 N–H and O–H groups in total. The molecule has 0 saturated carbocycles. The maximum atomic E-state index is 5.89.